The fourth-order valence-corrected chi connectivity index (χ4v) is 2.34. The Morgan fingerprint density at radius 3 is 3.00 bits per heavy atom. The Hall–Kier alpha value is -1.10. The summed E-state index contributed by atoms with van der Waals surface area (Å²) in [5.74, 6) is 0.760. The first-order valence-corrected chi connectivity index (χ1v) is 5.53. The van der Waals surface area contributed by atoms with Crippen LogP contribution in [-0.2, 0) is 0 Å². The van der Waals surface area contributed by atoms with Crippen molar-refractivity contribution in [2.24, 2.45) is 5.92 Å². The highest BCUT2D eigenvalue weighted by Crippen LogP contribution is 2.38. The Morgan fingerprint density at radius 1 is 1.71 bits per heavy atom. The molecule has 5 heteroatoms. The normalized spacial score (nSPS) is 24.6. The standard InChI is InChI=1S/C9H12N2O2S/c1-2-6-5-7(6)10-8-3-4-9(14-8)11(12)13/h3-4,6-7,10H,2,5H2,1H3. The van der Waals surface area contributed by atoms with E-state index in [-0.39, 0.29) is 9.92 Å². The van der Waals surface area contributed by atoms with Crippen LogP contribution in [0.15, 0.2) is 12.1 Å². The van der Waals surface area contributed by atoms with Gasteiger partial charge in [0.1, 0.15) is 0 Å². The second-order valence-electron chi connectivity index (χ2n) is 3.55. The molecule has 0 aliphatic heterocycles. The minimum Gasteiger partial charge on any atom is -0.374 e. The predicted molar refractivity (Wildman–Crippen MR) is 56.8 cm³/mol. The number of rotatable bonds is 4. The van der Waals surface area contributed by atoms with E-state index in [2.05, 4.69) is 12.2 Å². The van der Waals surface area contributed by atoms with E-state index in [4.69, 9.17) is 0 Å². The van der Waals surface area contributed by atoms with Crippen molar-refractivity contribution in [2.75, 3.05) is 5.32 Å². The summed E-state index contributed by atoms with van der Waals surface area (Å²) >= 11 is 1.21. The maximum Gasteiger partial charge on any atom is 0.326 e. The fraction of sp³-hybridized carbons (Fsp3) is 0.556. The maximum atomic E-state index is 10.4. The second kappa shape index (κ2) is 3.57. The molecular weight excluding hydrogens is 200 g/mol. The third-order valence-electron chi connectivity index (χ3n) is 2.55. The van der Waals surface area contributed by atoms with Crippen LogP contribution in [-0.4, -0.2) is 11.0 Å². The lowest BCUT2D eigenvalue weighted by Gasteiger charge is -1.99. The molecule has 0 aromatic carbocycles. The largest absolute Gasteiger partial charge is 0.374 e. The summed E-state index contributed by atoms with van der Waals surface area (Å²) in [6.07, 6.45) is 2.38. The number of nitro groups is 1. The number of hydrogen-bond donors (Lipinski definition) is 1. The third-order valence-corrected chi connectivity index (χ3v) is 3.51. The van der Waals surface area contributed by atoms with Crippen LogP contribution in [0.2, 0.25) is 0 Å². The van der Waals surface area contributed by atoms with Crippen molar-refractivity contribution >= 4 is 21.3 Å². The topological polar surface area (TPSA) is 55.2 Å². The van der Waals surface area contributed by atoms with E-state index in [1.54, 1.807) is 12.1 Å². The van der Waals surface area contributed by atoms with Crippen LogP contribution < -0.4 is 5.32 Å². The Kier molecular flexibility index (Phi) is 2.41. The molecule has 0 bridgehead atoms. The molecule has 1 fully saturated rings. The Labute approximate surface area is 86.1 Å². The van der Waals surface area contributed by atoms with E-state index in [0.717, 1.165) is 10.9 Å². The van der Waals surface area contributed by atoms with Crippen molar-refractivity contribution in [3.05, 3.63) is 22.2 Å². The van der Waals surface area contributed by atoms with E-state index in [1.807, 2.05) is 0 Å². The van der Waals surface area contributed by atoms with Crippen molar-refractivity contribution in [1.82, 2.24) is 0 Å². The zero-order valence-electron chi connectivity index (χ0n) is 7.90. The molecule has 14 heavy (non-hydrogen) atoms. The third kappa shape index (κ3) is 1.87. The lowest BCUT2D eigenvalue weighted by molar-refractivity contribution is -0.380. The van der Waals surface area contributed by atoms with Gasteiger partial charge in [0.25, 0.3) is 0 Å². The summed E-state index contributed by atoms with van der Waals surface area (Å²) in [4.78, 5) is 10.1. The minimum absolute atomic E-state index is 0.209. The molecule has 2 unspecified atom stereocenters. The van der Waals surface area contributed by atoms with Crippen molar-refractivity contribution in [3.8, 4) is 0 Å². The summed E-state index contributed by atoms with van der Waals surface area (Å²) in [5, 5.41) is 14.9. The van der Waals surface area contributed by atoms with Gasteiger partial charge in [-0.1, -0.05) is 13.3 Å². The molecule has 1 saturated carbocycles. The Morgan fingerprint density at radius 2 is 2.50 bits per heavy atom. The molecular formula is C9H12N2O2S. The van der Waals surface area contributed by atoms with Crippen LogP contribution >= 0.6 is 11.3 Å². The summed E-state index contributed by atoms with van der Waals surface area (Å²) in [7, 11) is 0. The molecule has 1 heterocycles. The van der Waals surface area contributed by atoms with E-state index in [1.165, 1.54) is 24.2 Å². The zero-order valence-corrected chi connectivity index (χ0v) is 8.71. The average Bonchev–Trinajstić information content (AvgIpc) is 2.71. The van der Waals surface area contributed by atoms with Gasteiger partial charge in [0.05, 0.1) is 9.92 Å². The summed E-state index contributed by atoms with van der Waals surface area (Å²) < 4.78 is 0. The second-order valence-corrected chi connectivity index (χ2v) is 4.61. The average molecular weight is 212 g/mol. The van der Waals surface area contributed by atoms with E-state index in [0.29, 0.717) is 6.04 Å². The molecule has 1 aliphatic rings. The van der Waals surface area contributed by atoms with Crippen LogP contribution in [0.25, 0.3) is 0 Å². The SMILES string of the molecule is CCC1CC1Nc1ccc([N+](=O)[O-])s1. The fourth-order valence-electron chi connectivity index (χ4n) is 1.56. The molecule has 1 aliphatic carbocycles. The molecule has 0 radical (unpaired) electrons. The van der Waals surface area contributed by atoms with E-state index >= 15 is 0 Å². The lowest BCUT2D eigenvalue weighted by Crippen LogP contribution is -2.01. The van der Waals surface area contributed by atoms with Gasteiger partial charge in [-0.15, -0.1) is 0 Å². The quantitative estimate of drug-likeness (QED) is 0.616. The molecule has 1 aromatic rings. The number of anilines is 1. The van der Waals surface area contributed by atoms with Gasteiger partial charge in [-0.2, -0.15) is 0 Å². The first-order chi connectivity index (χ1) is 6.70. The summed E-state index contributed by atoms with van der Waals surface area (Å²) in [5.41, 5.74) is 0. The van der Waals surface area contributed by atoms with E-state index in [9.17, 15) is 10.1 Å². The van der Waals surface area contributed by atoms with Gasteiger partial charge in [-0.25, -0.2) is 0 Å². The predicted octanol–water partition coefficient (Wildman–Crippen LogP) is 2.87. The number of nitrogens with one attached hydrogen (secondary N) is 1. The van der Waals surface area contributed by atoms with Crippen molar-refractivity contribution in [3.63, 3.8) is 0 Å². The summed E-state index contributed by atoms with van der Waals surface area (Å²) in [6, 6.07) is 3.88. The van der Waals surface area contributed by atoms with Gasteiger partial charge in [0.2, 0.25) is 0 Å². The van der Waals surface area contributed by atoms with Gasteiger partial charge in [-0.05, 0) is 29.7 Å². The van der Waals surface area contributed by atoms with Crippen molar-refractivity contribution < 1.29 is 4.92 Å². The first kappa shape index (κ1) is 9.45. The Balaban J connectivity index is 1.94. The van der Waals surface area contributed by atoms with Gasteiger partial charge >= 0.3 is 5.00 Å². The number of hydrogen-bond acceptors (Lipinski definition) is 4. The molecule has 76 valence electrons. The molecule has 0 spiro atoms. The molecule has 0 amide bonds. The first-order valence-electron chi connectivity index (χ1n) is 4.71. The Bertz CT molecular complexity index is 350. The van der Waals surface area contributed by atoms with Crippen molar-refractivity contribution in [1.29, 1.82) is 0 Å². The van der Waals surface area contributed by atoms with Crippen LogP contribution in [0.1, 0.15) is 19.8 Å². The number of nitrogens with zero attached hydrogens (tertiary/aromatic N) is 1. The smallest absolute Gasteiger partial charge is 0.326 e. The highest BCUT2D eigenvalue weighted by atomic mass is 32.1. The molecule has 1 aromatic heterocycles. The van der Waals surface area contributed by atoms with Gasteiger partial charge < -0.3 is 5.32 Å². The zero-order chi connectivity index (χ0) is 10.1. The highest BCUT2D eigenvalue weighted by Gasteiger charge is 2.35. The van der Waals surface area contributed by atoms with Crippen LogP contribution in [0.4, 0.5) is 10.0 Å². The van der Waals surface area contributed by atoms with Crippen molar-refractivity contribution in [2.45, 2.75) is 25.8 Å². The van der Waals surface area contributed by atoms with Gasteiger partial charge in [0.15, 0.2) is 0 Å². The van der Waals surface area contributed by atoms with Gasteiger partial charge in [0, 0.05) is 12.1 Å². The highest BCUT2D eigenvalue weighted by molar-refractivity contribution is 7.19. The molecule has 1 N–H and O–H groups in total. The van der Waals surface area contributed by atoms with Crippen LogP contribution in [0, 0.1) is 16.0 Å². The molecule has 2 atom stereocenters. The molecule has 2 rings (SSSR count). The molecule has 4 nitrogen and oxygen atoms in total. The van der Waals surface area contributed by atoms with Crippen LogP contribution in [0.3, 0.4) is 0 Å². The number of thiophene rings is 1. The lowest BCUT2D eigenvalue weighted by atomic mass is 10.3. The maximum absolute atomic E-state index is 10.4. The van der Waals surface area contributed by atoms with E-state index < -0.39 is 0 Å². The van der Waals surface area contributed by atoms with Gasteiger partial charge in [-0.3, -0.25) is 10.1 Å². The summed E-state index contributed by atoms with van der Waals surface area (Å²) in [6.45, 7) is 2.17. The molecule has 0 saturated heterocycles. The van der Waals surface area contributed by atoms with Crippen LogP contribution in [0.5, 0.6) is 0 Å². The minimum atomic E-state index is -0.347. The monoisotopic (exact) mass is 212 g/mol.